The monoisotopic (exact) mass is 427 g/mol. The van der Waals surface area contributed by atoms with Crippen molar-refractivity contribution in [3.8, 4) is 11.3 Å². The van der Waals surface area contributed by atoms with Crippen molar-refractivity contribution in [1.82, 2.24) is 15.4 Å². The van der Waals surface area contributed by atoms with Crippen LogP contribution in [0.3, 0.4) is 0 Å². The molecule has 30 heavy (non-hydrogen) atoms. The van der Waals surface area contributed by atoms with Crippen molar-refractivity contribution in [2.45, 2.75) is 32.4 Å². The van der Waals surface area contributed by atoms with E-state index in [0.29, 0.717) is 24.3 Å². The lowest BCUT2D eigenvalue weighted by Crippen LogP contribution is -2.58. The molecule has 4 rings (SSSR count). The third-order valence-electron chi connectivity index (χ3n) is 5.07. The Morgan fingerprint density at radius 2 is 2.10 bits per heavy atom. The molecule has 1 saturated heterocycles. The molecule has 1 fully saturated rings. The molecule has 3 aromatic rings. The first kappa shape index (κ1) is 20.3. The summed E-state index contributed by atoms with van der Waals surface area (Å²) in [6, 6.07) is 10.3. The summed E-state index contributed by atoms with van der Waals surface area (Å²) in [6.45, 7) is 4.40. The van der Waals surface area contributed by atoms with Crippen LogP contribution in [0.4, 0.5) is 4.39 Å². The Morgan fingerprint density at radius 1 is 1.33 bits per heavy atom. The average Bonchev–Trinajstić information content (AvgIpc) is 3.41. The molecule has 1 aromatic carbocycles. The molecular formula is C22H22FN3O3S. The van der Waals surface area contributed by atoms with Gasteiger partial charge in [0.1, 0.15) is 11.9 Å². The summed E-state index contributed by atoms with van der Waals surface area (Å²) in [5, 5.41) is 8.92. The largest absolute Gasteiger partial charge is 0.355 e. The van der Waals surface area contributed by atoms with Gasteiger partial charge in [-0.25, -0.2) is 4.39 Å². The number of nitrogens with one attached hydrogen (secondary N) is 1. The molecule has 0 aliphatic carbocycles. The number of benzene rings is 1. The van der Waals surface area contributed by atoms with Gasteiger partial charge in [0.2, 0.25) is 5.91 Å². The molecule has 0 spiro atoms. The zero-order chi connectivity index (χ0) is 21.3. The van der Waals surface area contributed by atoms with Crippen molar-refractivity contribution >= 4 is 23.2 Å². The van der Waals surface area contributed by atoms with Gasteiger partial charge >= 0.3 is 0 Å². The molecule has 0 radical (unpaired) electrons. The summed E-state index contributed by atoms with van der Waals surface area (Å²) in [5.74, 6) is -0.264. The van der Waals surface area contributed by atoms with E-state index in [2.05, 4.69) is 10.5 Å². The summed E-state index contributed by atoms with van der Waals surface area (Å²) in [4.78, 5) is 28.8. The summed E-state index contributed by atoms with van der Waals surface area (Å²) in [5.41, 5.74) is 0.747. The Hall–Kier alpha value is -3.00. The van der Waals surface area contributed by atoms with Crippen molar-refractivity contribution in [3.63, 3.8) is 0 Å². The van der Waals surface area contributed by atoms with Crippen LogP contribution in [0.1, 0.15) is 41.7 Å². The predicted molar refractivity (Wildman–Crippen MR) is 111 cm³/mol. The van der Waals surface area contributed by atoms with Gasteiger partial charge in [-0.3, -0.25) is 9.59 Å². The topological polar surface area (TPSA) is 75.4 Å². The number of halogens is 1. The SMILES string of the molecule is CC(C)C[C@H]1C(=O)N[C@H](c2cccs2)CN1C(=O)c1cc(-c2ccc(F)cc2)on1. The molecule has 2 amide bonds. The number of nitrogens with zero attached hydrogens (tertiary/aromatic N) is 2. The van der Waals surface area contributed by atoms with Crippen molar-refractivity contribution in [1.29, 1.82) is 0 Å². The van der Waals surface area contributed by atoms with E-state index in [0.717, 1.165) is 4.88 Å². The summed E-state index contributed by atoms with van der Waals surface area (Å²) in [6.07, 6.45) is 0.553. The first-order valence-electron chi connectivity index (χ1n) is 9.79. The Morgan fingerprint density at radius 3 is 2.77 bits per heavy atom. The van der Waals surface area contributed by atoms with Crippen LogP contribution in [0.25, 0.3) is 11.3 Å². The zero-order valence-electron chi connectivity index (χ0n) is 16.7. The van der Waals surface area contributed by atoms with Crippen LogP contribution in [0.2, 0.25) is 0 Å². The van der Waals surface area contributed by atoms with Crippen LogP contribution in [0.15, 0.2) is 52.4 Å². The van der Waals surface area contributed by atoms with Crippen LogP contribution >= 0.6 is 11.3 Å². The number of thiophene rings is 1. The maximum Gasteiger partial charge on any atom is 0.276 e. The Balaban J connectivity index is 1.61. The van der Waals surface area contributed by atoms with Crippen LogP contribution in [0, 0.1) is 11.7 Å². The van der Waals surface area contributed by atoms with Gasteiger partial charge in [0.05, 0.1) is 6.04 Å². The lowest BCUT2D eigenvalue weighted by molar-refractivity contribution is -0.130. The van der Waals surface area contributed by atoms with Crippen LogP contribution in [-0.4, -0.2) is 34.5 Å². The highest BCUT2D eigenvalue weighted by Crippen LogP contribution is 2.29. The molecular weight excluding hydrogens is 405 g/mol. The highest BCUT2D eigenvalue weighted by Gasteiger charge is 2.39. The summed E-state index contributed by atoms with van der Waals surface area (Å²) < 4.78 is 18.5. The van der Waals surface area contributed by atoms with E-state index in [1.54, 1.807) is 28.4 Å². The molecule has 156 valence electrons. The number of piperazine rings is 1. The fraction of sp³-hybridized carbons (Fsp3) is 0.318. The molecule has 8 heteroatoms. The van der Waals surface area contributed by atoms with Crippen molar-refractivity contribution in [3.05, 3.63) is 64.2 Å². The Bertz CT molecular complexity index is 1030. The minimum atomic E-state index is -0.570. The van der Waals surface area contributed by atoms with Gasteiger partial charge in [-0.05, 0) is 48.1 Å². The Labute approximate surface area is 177 Å². The first-order valence-corrected chi connectivity index (χ1v) is 10.7. The number of carbonyl (C=O) groups is 2. The summed E-state index contributed by atoms with van der Waals surface area (Å²) >= 11 is 1.54. The van der Waals surface area contributed by atoms with Gasteiger partial charge in [0.25, 0.3) is 5.91 Å². The number of hydrogen-bond acceptors (Lipinski definition) is 5. The van der Waals surface area contributed by atoms with Gasteiger partial charge in [-0.1, -0.05) is 25.1 Å². The second-order valence-electron chi connectivity index (χ2n) is 7.76. The number of rotatable bonds is 5. The van der Waals surface area contributed by atoms with Crippen LogP contribution < -0.4 is 5.32 Å². The van der Waals surface area contributed by atoms with E-state index in [-0.39, 0.29) is 35.3 Å². The van der Waals surface area contributed by atoms with Gasteiger partial charge in [-0.2, -0.15) is 0 Å². The minimum Gasteiger partial charge on any atom is -0.355 e. The average molecular weight is 428 g/mol. The van der Waals surface area contributed by atoms with Gasteiger partial charge in [0, 0.05) is 23.1 Å². The second kappa shape index (κ2) is 8.39. The molecule has 1 aliphatic heterocycles. The standard InChI is InChI=1S/C22H22FN3O3S/c1-13(2)10-18-21(27)24-17(20-4-3-9-30-20)12-26(18)22(28)16-11-19(29-25-16)14-5-7-15(23)8-6-14/h3-9,11,13,17-18H,10,12H2,1-2H3,(H,24,27)/t17-,18-/m0/s1. The summed E-state index contributed by atoms with van der Waals surface area (Å²) in [7, 11) is 0. The van der Waals surface area contributed by atoms with Gasteiger partial charge in [-0.15, -0.1) is 11.3 Å². The lowest BCUT2D eigenvalue weighted by atomic mass is 9.97. The highest BCUT2D eigenvalue weighted by molar-refractivity contribution is 7.10. The van der Waals surface area contributed by atoms with E-state index in [9.17, 15) is 14.0 Å². The van der Waals surface area contributed by atoms with Crippen molar-refractivity contribution in [2.24, 2.45) is 5.92 Å². The highest BCUT2D eigenvalue weighted by atomic mass is 32.1. The number of carbonyl (C=O) groups excluding carboxylic acids is 2. The second-order valence-corrected chi connectivity index (χ2v) is 8.74. The molecule has 0 bridgehead atoms. The minimum absolute atomic E-state index is 0.128. The normalized spacial score (nSPS) is 19.2. The van der Waals surface area contributed by atoms with E-state index in [4.69, 9.17) is 4.52 Å². The zero-order valence-corrected chi connectivity index (χ0v) is 17.5. The maximum atomic E-state index is 13.3. The fourth-order valence-corrected chi connectivity index (χ4v) is 4.38. The molecule has 0 unspecified atom stereocenters. The molecule has 0 saturated carbocycles. The molecule has 6 nitrogen and oxygen atoms in total. The van der Waals surface area contributed by atoms with Crippen LogP contribution in [0.5, 0.6) is 0 Å². The number of amides is 2. The Kier molecular flexibility index (Phi) is 5.67. The predicted octanol–water partition coefficient (Wildman–Crippen LogP) is 4.27. The van der Waals surface area contributed by atoms with Crippen LogP contribution in [-0.2, 0) is 4.79 Å². The lowest BCUT2D eigenvalue weighted by Gasteiger charge is -2.39. The van der Waals surface area contributed by atoms with Gasteiger partial charge < -0.3 is 14.7 Å². The van der Waals surface area contributed by atoms with E-state index in [1.807, 2.05) is 31.4 Å². The molecule has 1 N–H and O–H groups in total. The van der Waals surface area contributed by atoms with E-state index in [1.165, 1.54) is 18.2 Å². The smallest absolute Gasteiger partial charge is 0.276 e. The quantitative estimate of drug-likeness (QED) is 0.660. The van der Waals surface area contributed by atoms with Gasteiger partial charge in [0.15, 0.2) is 11.5 Å². The first-order chi connectivity index (χ1) is 14.4. The molecule has 2 aromatic heterocycles. The third-order valence-corrected chi connectivity index (χ3v) is 6.06. The molecule has 1 aliphatic rings. The van der Waals surface area contributed by atoms with E-state index < -0.39 is 6.04 Å². The molecule has 2 atom stereocenters. The van der Waals surface area contributed by atoms with Crippen molar-refractivity contribution in [2.75, 3.05) is 6.54 Å². The third kappa shape index (κ3) is 4.14. The van der Waals surface area contributed by atoms with E-state index >= 15 is 0 Å². The van der Waals surface area contributed by atoms with Crippen molar-refractivity contribution < 1.29 is 18.5 Å². The number of hydrogen-bond donors (Lipinski definition) is 1. The molecule has 3 heterocycles. The number of aromatic nitrogens is 1. The fourth-order valence-electron chi connectivity index (χ4n) is 3.61. The maximum absolute atomic E-state index is 13.3.